The summed E-state index contributed by atoms with van der Waals surface area (Å²) in [6.07, 6.45) is 2.59. The highest BCUT2D eigenvalue weighted by Gasteiger charge is 2.05. The van der Waals surface area contributed by atoms with Crippen molar-refractivity contribution in [3.05, 3.63) is 72.3 Å². The predicted octanol–water partition coefficient (Wildman–Crippen LogP) is 3.17. The van der Waals surface area contributed by atoms with Crippen molar-refractivity contribution in [2.45, 2.75) is 13.0 Å². The lowest BCUT2D eigenvalue weighted by Crippen LogP contribution is -2.38. The Bertz CT molecular complexity index is 729. The number of benzene rings is 2. The van der Waals surface area contributed by atoms with Gasteiger partial charge in [-0.1, -0.05) is 49.1 Å². The third-order valence-electron chi connectivity index (χ3n) is 3.88. The maximum absolute atomic E-state index is 5.68. The van der Waals surface area contributed by atoms with Gasteiger partial charge in [-0.2, -0.15) is 0 Å². The second kappa shape index (κ2) is 10.8. The SMILES string of the molecule is C=CCOc1ccccc1CNC(=NC)NCCc1ccccc1OC. The van der Waals surface area contributed by atoms with Crippen molar-refractivity contribution < 1.29 is 9.47 Å². The molecule has 0 aromatic heterocycles. The van der Waals surface area contributed by atoms with Crippen LogP contribution in [-0.2, 0) is 13.0 Å². The lowest BCUT2D eigenvalue weighted by atomic mass is 10.1. The van der Waals surface area contributed by atoms with Gasteiger partial charge in [0.1, 0.15) is 18.1 Å². The molecule has 5 heteroatoms. The quantitative estimate of drug-likeness (QED) is 0.413. The van der Waals surface area contributed by atoms with Crippen LogP contribution < -0.4 is 20.1 Å². The second-order valence-electron chi connectivity index (χ2n) is 5.62. The highest BCUT2D eigenvalue weighted by atomic mass is 16.5. The van der Waals surface area contributed by atoms with Crippen LogP contribution in [0.4, 0.5) is 0 Å². The Kier molecular flexibility index (Phi) is 8.06. The number of methoxy groups -OCH3 is 1. The standard InChI is InChI=1S/C21H27N3O2/c1-4-15-26-20-12-8-6-10-18(20)16-24-21(22-2)23-14-13-17-9-5-7-11-19(17)25-3/h4-12H,1,13-16H2,2-3H3,(H2,22,23,24). The Morgan fingerprint density at radius 3 is 2.42 bits per heavy atom. The lowest BCUT2D eigenvalue weighted by molar-refractivity contribution is 0.358. The van der Waals surface area contributed by atoms with Gasteiger partial charge >= 0.3 is 0 Å². The smallest absolute Gasteiger partial charge is 0.191 e. The number of hydrogen-bond donors (Lipinski definition) is 2. The molecule has 0 saturated heterocycles. The lowest BCUT2D eigenvalue weighted by Gasteiger charge is -2.15. The summed E-state index contributed by atoms with van der Waals surface area (Å²) in [6.45, 7) is 5.56. The van der Waals surface area contributed by atoms with E-state index in [1.807, 2.05) is 42.5 Å². The van der Waals surface area contributed by atoms with Crippen LogP contribution in [-0.4, -0.2) is 33.3 Å². The second-order valence-corrected chi connectivity index (χ2v) is 5.62. The number of guanidine groups is 1. The molecule has 0 amide bonds. The van der Waals surface area contributed by atoms with Crippen molar-refractivity contribution in [1.29, 1.82) is 0 Å². The molecule has 0 aliphatic rings. The molecule has 5 nitrogen and oxygen atoms in total. The zero-order valence-electron chi connectivity index (χ0n) is 15.5. The van der Waals surface area contributed by atoms with Crippen LogP contribution in [0.5, 0.6) is 11.5 Å². The fraction of sp³-hybridized carbons (Fsp3) is 0.286. The molecular weight excluding hydrogens is 326 g/mol. The highest BCUT2D eigenvalue weighted by molar-refractivity contribution is 5.79. The molecule has 2 aromatic carbocycles. The van der Waals surface area contributed by atoms with E-state index >= 15 is 0 Å². The maximum Gasteiger partial charge on any atom is 0.191 e. The molecule has 0 fully saturated rings. The molecule has 0 spiro atoms. The summed E-state index contributed by atoms with van der Waals surface area (Å²) in [5.74, 6) is 2.51. The van der Waals surface area contributed by atoms with Crippen LogP contribution in [0.3, 0.4) is 0 Å². The topological polar surface area (TPSA) is 54.9 Å². The molecule has 0 atom stereocenters. The van der Waals surface area contributed by atoms with E-state index in [1.54, 1.807) is 20.2 Å². The number of nitrogens with one attached hydrogen (secondary N) is 2. The van der Waals surface area contributed by atoms with Gasteiger partial charge in [0, 0.05) is 25.7 Å². The number of nitrogens with zero attached hydrogens (tertiary/aromatic N) is 1. The molecule has 0 aliphatic carbocycles. The third-order valence-corrected chi connectivity index (χ3v) is 3.88. The summed E-state index contributed by atoms with van der Waals surface area (Å²) in [4.78, 5) is 4.27. The van der Waals surface area contributed by atoms with Crippen LogP contribution in [0.25, 0.3) is 0 Å². The number of para-hydroxylation sites is 2. The summed E-state index contributed by atoms with van der Waals surface area (Å²) < 4.78 is 11.1. The minimum Gasteiger partial charge on any atom is -0.496 e. The van der Waals surface area contributed by atoms with E-state index in [2.05, 4.69) is 28.3 Å². The maximum atomic E-state index is 5.68. The summed E-state index contributed by atoms with van der Waals surface area (Å²) in [5.41, 5.74) is 2.24. The molecule has 2 N–H and O–H groups in total. The first-order valence-electron chi connectivity index (χ1n) is 8.66. The van der Waals surface area contributed by atoms with E-state index in [-0.39, 0.29) is 0 Å². The largest absolute Gasteiger partial charge is 0.496 e. The molecule has 0 radical (unpaired) electrons. The first-order chi connectivity index (χ1) is 12.8. The van der Waals surface area contributed by atoms with E-state index < -0.39 is 0 Å². The Morgan fingerprint density at radius 2 is 1.73 bits per heavy atom. The molecule has 2 rings (SSSR count). The highest BCUT2D eigenvalue weighted by Crippen LogP contribution is 2.18. The van der Waals surface area contributed by atoms with Crippen LogP contribution in [0.1, 0.15) is 11.1 Å². The summed E-state index contributed by atoms with van der Waals surface area (Å²) in [5, 5.41) is 6.65. The molecule has 26 heavy (non-hydrogen) atoms. The molecule has 0 heterocycles. The van der Waals surface area contributed by atoms with Gasteiger partial charge in [-0.25, -0.2) is 0 Å². The Labute approximate surface area is 155 Å². The van der Waals surface area contributed by atoms with E-state index in [0.717, 1.165) is 36.0 Å². The Balaban J connectivity index is 1.86. The van der Waals surface area contributed by atoms with E-state index in [4.69, 9.17) is 9.47 Å². The number of rotatable bonds is 9. The van der Waals surface area contributed by atoms with Gasteiger partial charge in [0.15, 0.2) is 5.96 Å². The van der Waals surface area contributed by atoms with E-state index in [9.17, 15) is 0 Å². The number of hydrogen-bond acceptors (Lipinski definition) is 3. The minimum absolute atomic E-state index is 0.489. The van der Waals surface area contributed by atoms with Gasteiger partial charge in [0.25, 0.3) is 0 Å². The van der Waals surface area contributed by atoms with Gasteiger partial charge in [-0.15, -0.1) is 0 Å². The van der Waals surface area contributed by atoms with Gasteiger partial charge < -0.3 is 20.1 Å². The number of ether oxygens (including phenoxy) is 2. The molecule has 0 unspecified atom stereocenters. The van der Waals surface area contributed by atoms with Gasteiger partial charge in [0.2, 0.25) is 0 Å². The normalized spacial score (nSPS) is 10.9. The van der Waals surface area contributed by atoms with Crippen molar-refractivity contribution in [2.75, 3.05) is 27.3 Å². The number of aliphatic imine (C=N–C) groups is 1. The summed E-state index contributed by atoms with van der Waals surface area (Å²) in [6, 6.07) is 16.0. The average molecular weight is 353 g/mol. The van der Waals surface area contributed by atoms with Crippen molar-refractivity contribution in [1.82, 2.24) is 10.6 Å². The zero-order valence-corrected chi connectivity index (χ0v) is 15.5. The molecule has 0 bridgehead atoms. The fourth-order valence-electron chi connectivity index (χ4n) is 2.56. The molecular formula is C21H27N3O2. The monoisotopic (exact) mass is 353 g/mol. The minimum atomic E-state index is 0.489. The molecule has 0 saturated carbocycles. The third kappa shape index (κ3) is 5.84. The predicted molar refractivity (Wildman–Crippen MR) is 107 cm³/mol. The first-order valence-corrected chi connectivity index (χ1v) is 8.66. The van der Waals surface area contributed by atoms with Gasteiger partial charge in [-0.05, 0) is 24.1 Å². The molecule has 138 valence electrons. The summed E-state index contributed by atoms with van der Waals surface area (Å²) >= 11 is 0. The van der Waals surface area contributed by atoms with Crippen molar-refractivity contribution in [3.8, 4) is 11.5 Å². The average Bonchev–Trinajstić information content (AvgIpc) is 2.69. The van der Waals surface area contributed by atoms with Crippen LogP contribution >= 0.6 is 0 Å². The van der Waals surface area contributed by atoms with Crippen molar-refractivity contribution in [2.24, 2.45) is 4.99 Å². The van der Waals surface area contributed by atoms with E-state index in [1.165, 1.54) is 5.56 Å². The van der Waals surface area contributed by atoms with Crippen LogP contribution in [0, 0.1) is 0 Å². The fourth-order valence-corrected chi connectivity index (χ4v) is 2.56. The van der Waals surface area contributed by atoms with Gasteiger partial charge in [0.05, 0.1) is 7.11 Å². The zero-order chi connectivity index (χ0) is 18.6. The Morgan fingerprint density at radius 1 is 1.04 bits per heavy atom. The van der Waals surface area contributed by atoms with Gasteiger partial charge in [-0.3, -0.25) is 4.99 Å². The molecule has 0 aliphatic heterocycles. The van der Waals surface area contributed by atoms with Crippen LogP contribution in [0.2, 0.25) is 0 Å². The van der Waals surface area contributed by atoms with Crippen molar-refractivity contribution >= 4 is 5.96 Å². The van der Waals surface area contributed by atoms with Crippen molar-refractivity contribution in [3.63, 3.8) is 0 Å². The Hall–Kier alpha value is -2.95. The molecule has 2 aromatic rings. The van der Waals surface area contributed by atoms with Crippen LogP contribution in [0.15, 0.2) is 66.2 Å². The van der Waals surface area contributed by atoms with E-state index in [0.29, 0.717) is 13.2 Å². The summed E-state index contributed by atoms with van der Waals surface area (Å²) in [7, 11) is 3.46. The first kappa shape index (κ1) is 19.4.